The Balaban J connectivity index is 3.40. The fourth-order valence-electron chi connectivity index (χ4n) is 1.18. The standard InChI is InChI=1S/C9H11ClO2/c1-5-4-7(11)9(12-3)6(2)8(5)10/h4,11H,1-3H3. The van der Waals surface area contributed by atoms with Crippen molar-refractivity contribution in [3.63, 3.8) is 0 Å². The number of methoxy groups -OCH3 is 1. The molecule has 0 saturated carbocycles. The van der Waals surface area contributed by atoms with Gasteiger partial charge in [0, 0.05) is 5.56 Å². The summed E-state index contributed by atoms with van der Waals surface area (Å²) in [7, 11) is 1.51. The van der Waals surface area contributed by atoms with Crippen molar-refractivity contribution < 1.29 is 9.84 Å². The molecule has 1 rings (SSSR count). The number of aryl methyl sites for hydroxylation is 1. The minimum Gasteiger partial charge on any atom is -0.504 e. The van der Waals surface area contributed by atoms with Crippen LogP contribution in [0.3, 0.4) is 0 Å². The first-order valence-corrected chi connectivity index (χ1v) is 3.98. The van der Waals surface area contributed by atoms with Crippen LogP contribution in [0.1, 0.15) is 11.1 Å². The van der Waals surface area contributed by atoms with Crippen LogP contribution in [0, 0.1) is 13.8 Å². The van der Waals surface area contributed by atoms with Crippen molar-refractivity contribution in [1.82, 2.24) is 0 Å². The number of phenols is 1. The average Bonchev–Trinajstić information content (AvgIpc) is 2.01. The fraction of sp³-hybridized carbons (Fsp3) is 0.333. The molecule has 0 bridgehead atoms. The molecule has 66 valence electrons. The number of ether oxygens (including phenoxy) is 1. The Kier molecular flexibility index (Phi) is 2.48. The number of hydrogen-bond donors (Lipinski definition) is 1. The van der Waals surface area contributed by atoms with Crippen molar-refractivity contribution in [2.75, 3.05) is 7.11 Å². The summed E-state index contributed by atoms with van der Waals surface area (Å²) in [5.41, 5.74) is 1.63. The van der Waals surface area contributed by atoms with Gasteiger partial charge in [0.15, 0.2) is 11.5 Å². The minimum absolute atomic E-state index is 0.136. The van der Waals surface area contributed by atoms with Gasteiger partial charge in [0.05, 0.1) is 12.1 Å². The highest BCUT2D eigenvalue weighted by atomic mass is 35.5. The van der Waals surface area contributed by atoms with E-state index in [1.807, 2.05) is 13.8 Å². The van der Waals surface area contributed by atoms with E-state index in [4.69, 9.17) is 16.3 Å². The molecule has 0 aromatic heterocycles. The third kappa shape index (κ3) is 1.34. The zero-order chi connectivity index (χ0) is 9.30. The molecule has 12 heavy (non-hydrogen) atoms. The van der Waals surface area contributed by atoms with E-state index in [0.717, 1.165) is 11.1 Å². The molecular weight excluding hydrogens is 176 g/mol. The van der Waals surface area contributed by atoms with Gasteiger partial charge in [0.2, 0.25) is 0 Å². The molecule has 1 N–H and O–H groups in total. The molecule has 0 unspecified atom stereocenters. The van der Waals surface area contributed by atoms with E-state index in [1.54, 1.807) is 6.07 Å². The largest absolute Gasteiger partial charge is 0.504 e. The van der Waals surface area contributed by atoms with Crippen LogP contribution < -0.4 is 4.74 Å². The van der Waals surface area contributed by atoms with Crippen molar-refractivity contribution in [2.45, 2.75) is 13.8 Å². The van der Waals surface area contributed by atoms with Gasteiger partial charge >= 0.3 is 0 Å². The topological polar surface area (TPSA) is 29.5 Å². The highest BCUT2D eigenvalue weighted by molar-refractivity contribution is 6.32. The van der Waals surface area contributed by atoms with E-state index in [1.165, 1.54) is 7.11 Å². The smallest absolute Gasteiger partial charge is 0.164 e. The number of halogens is 1. The molecule has 0 fully saturated rings. The van der Waals surface area contributed by atoms with Crippen molar-refractivity contribution in [3.8, 4) is 11.5 Å². The maximum absolute atomic E-state index is 9.41. The Labute approximate surface area is 76.7 Å². The summed E-state index contributed by atoms with van der Waals surface area (Å²) in [4.78, 5) is 0. The normalized spacial score (nSPS) is 10.0. The van der Waals surface area contributed by atoms with Crippen LogP contribution in [0.25, 0.3) is 0 Å². The van der Waals surface area contributed by atoms with Crippen LogP contribution in [0.2, 0.25) is 5.02 Å². The SMILES string of the molecule is COc1c(O)cc(C)c(Cl)c1C. The molecule has 0 atom stereocenters. The molecule has 0 amide bonds. The average molecular weight is 187 g/mol. The maximum Gasteiger partial charge on any atom is 0.164 e. The molecule has 3 heteroatoms. The zero-order valence-electron chi connectivity index (χ0n) is 7.31. The van der Waals surface area contributed by atoms with Crippen LogP contribution in [0.15, 0.2) is 6.07 Å². The summed E-state index contributed by atoms with van der Waals surface area (Å²) in [5, 5.41) is 10.1. The molecule has 0 aliphatic heterocycles. The van der Waals surface area contributed by atoms with Crippen LogP contribution in [-0.2, 0) is 0 Å². The number of rotatable bonds is 1. The van der Waals surface area contributed by atoms with Crippen molar-refractivity contribution in [1.29, 1.82) is 0 Å². The quantitative estimate of drug-likeness (QED) is 0.731. The van der Waals surface area contributed by atoms with Gasteiger partial charge in [-0.25, -0.2) is 0 Å². The maximum atomic E-state index is 9.41. The highest BCUT2D eigenvalue weighted by Crippen LogP contribution is 2.36. The lowest BCUT2D eigenvalue weighted by Crippen LogP contribution is -1.90. The van der Waals surface area contributed by atoms with Crippen molar-refractivity contribution in [2.24, 2.45) is 0 Å². The lowest BCUT2D eigenvalue weighted by molar-refractivity contribution is 0.370. The number of phenolic OH excluding ortho intramolecular Hbond substituents is 1. The van der Waals surface area contributed by atoms with E-state index in [9.17, 15) is 5.11 Å². The summed E-state index contributed by atoms with van der Waals surface area (Å²) in [5.74, 6) is 0.586. The molecule has 1 aromatic rings. The first-order chi connectivity index (χ1) is 5.57. The van der Waals surface area contributed by atoms with Crippen LogP contribution in [0.4, 0.5) is 0 Å². The third-order valence-corrected chi connectivity index (χ3v) is 2.39. The van der Waals surface area contributed by atoms with E-state index in [-0.39, 0.29) is 5.75 Å². The molecule has 0 saturated heterocycles. The number of benzene rings is 1. The van der Waals surface area contributed by atoms with Gasteiger partial charge in [-0.1, -0.05) is 11.6 Å². The molecule has 0 heterocycles. The van der Waals surface area contributed by atoms with E-state index in [2.05, 4.69) is 0 Å². The Hall–Kier alpha value is -0.890. The summed E-state index contributed by atoms with van der Waals surface area (Å²) in [6.07, 6.45) is 0. The Morgan fingerprint density at radius 2 is 2.00 bits per heavy atom. The first kappa shape index (κ1) is 9.20. The molecule has 2 nitrogen and oxygen atoms in total. The number of aromatic hydroxyl groups is 1. The van der Waals surface area contributed by atoms with Gasteiger partial charge in [0.1, 0.15) is 0 Å². The van der Waals surface area contributed by atoms with Crippen LogP contribution in [0.5, 0.6) is 11.5 Å². The van der Waals surface area contributed by atoms with Gasteiger partial charge < -0.3 is 9.84 Å². The molecular formula is C9H11ClO2. The van der Waals surface area contributed by atoms with E-state index < -0.39 is 0 Å². The molecule has 0 spiro atoms. The lowest BCUT2D eigenvalue weighted by atomic mass is 10.1. The highest BCUT2D eigenvalue weighted by Gasteiger charge is 2.10. The molecule has 0 radical (unpaired) electrons. The molecule has 0 aliphatic carbocycles. The van der Waals surface area contributed by atoms with E-state index in [0.29, 0.717) is 10.8 Å². The predicted molar refractivity (Wildman–Crippen MR) is 49.1 cm³/mol. The van der Waals surface area contributed by atoms with Crippen molar-refractivity contribution in [3.05, 3.63) is 22.2 Å². The lowest BCUT2D eigenvalue weighted by Gasteiger charge is -2.10. The van der Waals surface area contributed by atoms with Crippen molar-refractivity contribution >= 4 is 11.6 Å². The van der Waals surface area contributed by atoms with Gasteiger partial charge in [0.25, 0.3) is 0 Å². The van der Waals surface area contributed by atoms with E-state index >= 15 is 0 Å². The summed E-state index contributed by atoms with van der Waals surface area (Å²) < 4.78 is 4.98. The van der Waals surface area contributed by atoms with Gasteiger partial charge in [-0.15, -0.1) is 0 Å². The molecule has 0 aliphatic rings. The number of hydrogen-bond acceptors (Lipinski definition) is 2. The second-order valence-corrected chi connectivity index (χ2v) is 3.06. The van der Waals surface area contributed by atoms with Crippen LogP contribution >= 0.6 is 11.6 Å². The second kappa shape index (κ2) is 3.23. The minimum atomic E-state index is 0.136. The predicted octanol–water partition coefficient (Wildman–Crippen LogP) is 2.67. The summed E-state index contributed by atoms with van der Waals surface area (Å²) in [6.45, 7) is 3.66. The van der Waals surface area contributed by atoms with Gasteiger partial charge in [-0.3, -0.25) is 0 Å². The van der Waals surface area contributed by atoms with Gasteiger partial charge in [-0.2, -0.15) is 0 Å². The Bertz CT molecular complexity index is 308. The first-order valence-electron chi connectivity index (χ1n) is 3.60. The summed E-state index contributed by atoms with van der Waals surface area (Å²) >= 11 is 5.94. The zero-order valence-corrected chi connectivity index (χ0v) is 8.07. The van der Waals surface area contributed by atoms with Gasteiger partial charge in [-0.05, 0) is 25.5 Å². The van der Waals surface area contributed by atoms with Crippen LogP contribution in [-0.4, -0.2) is 12.2 Å². The second-order valence-electron chi connectivity index (χ2n) is 2.68. The Morgan fingerprint density at radius 3 is 2.50 bits per heavy atom. The fourth-order valence-corrected chi connectivity index (χ4v) is 1.32. The third-order valence-electron chi connectivity index (χ3n) is 1.81. The Morgan fingerprint density at radius 1 is 1.42 bits per heavy atom. The summed E-state index contributed by atoms with van der Waals surface area (Å²) in [6, 6.07) is 1.59. The molecule has 1 aromatic carbocycles. The monoisotopic (exact) mass is 186 g/mol.